The van der Waals surface area contributed by atoms with Gasteiger partial charge in [-0.3, -0.25) is 0 Å². The molecule has 1 aromatic rings. The van der Waals surface area contributed by atoms with E-state index in [9.17, 15) is 0 Å². The van der Waals surface area contributed by atoms with Crippen molar-refractivity contribution in [2.75, 3.05) is 27.9 Å². The summed E-state index contributed by atoms with van der Waals surface area (Å²) in [5.74, 6) is 1.95. The lowest BCUT2D eigenvalue weighted by atomic mass is 9.92. The number of benzene rings is 1. The molecule has 1 fully saturated rings. The van der Waals surface area contributed by atoms with E-state index in [2.05, 4.69) is 22.9 Å². The Kier molecular flexibility index (Phi) is 4.81. The molecule has 0 spiro atoms. The fraction of sp³-hybridized carbons (Fsp3) is 0.600. The highest BCUT2D eigenvalue weighted by atomic mass is 79.9. The number of methoxy groups -OCH3 is 3. The number of alkyl halides is 1. The Balaban J connectivity index is 2.45. The van der Waals surface area contributed by atoms with E-state index >= 15 is 0 Å². The third kappa shape index (κ3) is 2.61. The molecule has 0 N–H and O–H groups in total. The first kappa shape index (κ1) is 15.4. The zero-order chi connectivity index (χ0) is 14.8. The van der Waals surface area contributed by atoms with Gasteiger partial charge in [0.2, 0.25) is 5.75 Å². The van der Waals surface area contributed by atoms with Crippen molar-refractivity contribution < 1.29 is 18.9 Å². The van der Waals surface area contributed by atoms with Crippen LogP contribution in [-0.2, 0) is 4.74 Å². The van der Waals surface area contributed by atoms with E-state index in [1.165, 1.54) is 0 Å². The second-order valence-corrected chi connectivity index (χ2v) is 5.97. The molecule has 20 heavy (non-hydrogen) atoms. The van der Waals surface area contributed by atoms with Crippen LogP contribution < -0.4 is 14.2 Å². The molecular weight excluding hydrogens is 324 g/mol. The molecule has 0 aromatic heterocycles. The molecule has 1 saturated heterocycles. The molecule has 0 saturated carbocycles. The van der Waals surface area contributed by atoms with Gasteiger partial charge in [-0.1, -0.05) is 22.0 Å². The van der Waals surface area contributed by atoms with Crippen LogP contribution in [0.2, 0.25) is 0 Å². The van der Waals surface area contributed by atoms with Gasteiger partial charge in [0.25, 0.3) is 0 Å². The minimum absolute atomic E-state index is 0.0345. The summed E-state index contributed by atoms with van der Waals surface area (Å²) in [6, 6.07) is 3.88. The summed E-state index contributed by atoms with van der Waals surface area (Å²) in [5, 5.41) is 0. The lowest BCUT2D eigenvalue weighted by Crippen LogP contribution is -2.28. The number of halogens is 1. The summed E-state index contributed by atoms with van der Waals surface area (Å²) in [6.45, 7) is 2.92. The second-order valence-electron chi connectivity index (χ2n) is 5.05. The Morgan fingerprint density at radius 3 is 2.35 bits per heavy atom. The van der Waals surface area contributed by atoms with Crippen LogP contribution in [0.1, 0.15) is 30.2 Å². The Morgan fingerprint density at radius 1 is 1.15 bits per heavy atom. The van der Waals surface area contributed by atoms with Gasteiger partial charge in [0, 0.05) is 12.2 Å². The predicted octanol–water partition coefficient (Wildman–Crippen LogP) is 3.72. The minimum Gasteiger partial charge on any atom is -0.493 e. The molecule has 0 bridgehead atoms. The van der Waals surface area contributed by atoms with Gasteiger partial charge in [-0.25, -0.2) is 0 Å². The number of hydrogen-bond donors (Lipinski definition) is 0. The van der Waals surface area contributed by atoms with Crippen molar-refractivity contribution in [1.29, 1.82) is 0 Å². The van der Waals surface area contributed by atoms with Gasteiger partial charge in [0.05, 0.1) is 31.8 Å². The van der Waals surface area contributed by atoms with E-state index in [1.54, 1.807) is 21.3 Å². The zero-order valence-electron chi connectivity index (χ0n) is 12.4. The van der Waals surface area contributed by atoms with Gasteiger partial charge in [-0.15, -0.1) is 0 Å². The molecule has 1 aliphatic heterocycles. The van der Waals surface area contributed by atoms with Gasteiger partial charge in [0.15, 0.2) is 11.5 Å². The summed E-state index contributed by atoms with van der Waals surface area (Å²) in [4.78, 5) is 0.0345. The van der Waals surface area contributed by atoms with Crippen molar-refractivity contribution in [3.63, 3.8) is 0 Å². The maximum absolute atomic E-state index is 5.91. The van der Waals surface area contributed by atoms with Crippen LogP contribution in [0.4, 0.5) is 0 Å². The molecule has 112 valence electrons. The van der Waals surface area contributed by atoms with Crippen molar-refractivity contribution in [3.8, 4) is 17.2 Å². The van der Waals surface area contributed by atoms with Crippen LogP contribution in [0.15, 0.2) is 12.1 Å². The maximum Gasteiger partial charge on any atom is 0.203 e. The van der Waals surface area contributed by atoms with Crippen molar-refractivity contribution in [3.05, 3.63) is 17.7 Å². The van der Waals surface area contributed by atoms with Gasteiger partial charge >= 0.3 is 0 Å². The van der Waals surface area contributed by atoms with Crippen LogP contribution in [0.25, 0.3) is 0 Å². The quantitative estimate of drug-likeness (QED) is 0.763. The van der Waals surface area contributed by atoms with Crippen LogP contribution in [0.3, 0.4) is 0 Å². The molecule has 1 aromatic carbocycles. The first-order valence-electron chi connectivity index (χ1n) is 6.64. The zero-order valence-corrected chi connectivity index (χ0v) is 14.0. The minimum atomic E-state index is -0.229. The van der Waals surface area contributed by atoms with Crippen molar-refractivity contribution in [1.82, 2.24) is 0 Å². The average Bonchev–Trinajstić information content (AvgIpc) is 2.92. The second kappa shape index (κ2) is 6.22. The molecule has 2 atom stereocenters. The normalized spacial score (nSPS) is 23.4. The molecule has 2 unspecified atom stereocenters. The summed E-state index contributed by atoms with van der Waals surface area (Å²) >= 11 is 3.77. The number of hydrogen-bond acceptors (Lipinski definition) is 4. The molecular formula is C15H21BrO4. The van der Waals surface area contributed by atoms with E-state index in [4.69, 9.17) is 18.9 Å². The fourth-order valence-corrected chi connectivity index (χ4v) is 3.38. The highest BCUT2D eigenvalue weighted by Crippen LogP contribution is 2.50. The molecule has 0 amide bonds. The van der Waals surface area contributed by atoms with Gasteiger partial charge in [0.1, 0.15) is 0 Å². The third-order valence-corrected chi connectivity index (χ3v) is 5.25. The molecule has 1 heterocycles. The molecule has 4 nitrogen and oxygen atoms in total. The SMILES string of the molecule is COc1ccc(C(Br)C2(C)CCCO2)c(OC)c1OC. The Bertz CT molecular complexity index is 469. The van der Waals surface area contributed by atoms with Crippen molar-refractivity contribution in [2.45, 2.75) is 30.2 Å². The molecule has 0 radical (unpaired) electrons. The predicted molar refractivity (Wildman–Crippen MR) is 81.4 cm³/mol. The van der Waals surface area contributed by atoms with Crippen LogP contribution in [0, 0.1) is 0 Å². The molecule has 0 aliphatic carbocycles. The smallest absolute Gasteiger partial charge is 0.203 e. The summed E-state index contributed by atoms with van der Waals surface area (Å²) in [6.07, 6.45) is 2.09. The van der Waals surface area contributed by atoms with Crippen LogP contribution >= 0.6 is 15.9 Å². The monoisotopic (exact) mass is 344 g/mol. The Morgan fingerprint density at radius 2 is 1.85 bits per heavy atom. The van der Waals surface area contributed by atoms with Gasteiger partial charge < -0.3 is 18.9 Å². The van der Waals surface area contributed by atoms with E-state index in [0.29, 0.717) is 17.2 Å². The van der Waals surface area contributed by atoms with Crippen LogP contribution in [-0.4, -0.2) is 33.5 Å². The topological polar surface area (TPSA) is 36.9 Å². The van der Waals surface area contributed by atoms with E-state index in [1.807, 2.05) is 12.1 Å². The maximum atomic E-state index is 5.91. The fourth-order valence-electron chi connectivity index (χ4n) is 2.65. The van der Waals surface area contributed by atoms with E-state index in [-0.39, 0.29) is 10.4 Å². The number of ether oxygens (including phenoxy) is 4. The summed E-state index contributed by atoms with van der Waals surface area (Å²) in [7, 11) is 4.86. The molecule has 5 heteroatoms. The summed E-state index contributed by atoms with van der Waals surface area (Å²) < 4.78 is 22.2. The highest BCUT2D eigenvalue weighted by molar-refractivity contribution is 9.09. The van der Waals surface area contributed by atoms with E-state index in [0.717, 1.165) is 25.0 Å². The van der Waals surface area contributed by atoms with Crippen molar-refractivity contribution in [2.24, 2.45) is 0 Å². The summed E-state index contributed by atoms with van der Waals surface area (Å²) in [5.41, 5.74) is 0.780. The lowest BCUT2D eigenvalue weighted by molar-refractivity contribution is 0.0192. The molecule has 2 rings (SSSR count). The lowest BCUT2D eigenvalue weighted by Gasteiger charge is -2.31. The highest BCUT2D eigenvalue weighted by Gasteiger charge is 2.40. The van der Waals surface area contributed by atoms with Gasteiger partial charge in [-0.2, -0.15) is 0 Å². The van der Waals surface area contributed by atoms with Gasteiger partial charge in [-0.05, 0) is 25.8 Å². The first-order chi connectivity index (χ1) is 9.57. The third-order valence-electron chi connectivity index (χ3n) is 3.79. The standard InChI is InChI=1S/C15H21BrO4/c1-15(8-5-9-20-15)14(16)10-6-7-11(17-2)13(19-4)12(10)18-3/h6-7,14H,5,8-9H2,1-4H3. The largest absolute Gasteiger partial charge is 0.493 e. The van der Waals surface area contributed by atoms with Crippen LogP contribution in [0.5, 0.6) is 17.2 Å². The Hall–Kier alpha value is -0.940. The molecule has 1 aliphatic rings. The van der Waals surface area contributed by atoms with E-state index < -0.39 is 0 Å². The number of rotatable bonds is 5. The Labute approximate surface area is 128 Å². The average molecular weight is 345 g/mol. The first-order valence-corrected chi connectivity index (χ1v) is 7.56. The van der Waals surface area contributed by atoms with Crippen molar-refractivity contribution >= 4 is 15.9 Å².